The quantitative estimate of drug-likeness (QED) is 0.281. The molecule has 0 aliphatic carbocycles. The zero-order valence-corrected chi connectivity index (χ0v) is 18.1. The lowest BCUT2D eigenvalue weighted by Gasteiger charge is -2.10. The number of nitriles is 1. The van der Waals surface area contributed by atoms with Crippen LogP contribution >= 0.6 is 0 Å². The predicted octanol–water partition coefficient (Wildman–Crippen LogP) is 7.62. The average Bonchev–Trinajstić information content (AvgIpc) is 3.44. The molecule has 4 heteroatoms. The molecule has 158 valence electrons. The fourth-order valence-corrected chi connectivity index (χ4v) is 4.98. The molecule has 0 bridgehead atoms. The summed E-state index contributed by atoms with van der Waals surface area (Å²) in [6, 6.07) is 35.0. The van der Waals surface area contributed by atoms with Crippen molar-refractivity contribution in [3.05, 3.63) is 109 Å². The first-order chi connectivity index (χ1) is 16.8. The van der Waals surface area contributed by atoms with Gasteiger partial charge in [0.2, 0.25) is 0 Å². The van der Waals surface area contributed by atoms with E-state index < -0.39 is 0 Å². The van der Waals surface area contributed by atoms with E-state index in [0.29, 0.717) is 11.1 Å². The number of hydrogen-bond acceptors (Lipinski definition) is 3. The molecular formula is C30H17N3O. The molecule has 3 heterocycles. The van der Waals surface area contributed by atoms with Crippen LogP contribution in [0.2, 0.25) is 0 Å². The number of benzene rings is 4. The van der Waals surface area contributed by atoms with Crippen LogP contribution in [-0.4, -0.2) is 9.55 Å². The standard InChI is InChI=1S/C30H17N3O/c31-18-19-12-13-23-24-8-5-9-25(30(24)34-29(23)16-19)26-17-20(14-15-32-26)33-27-10-3-1-6-21(27)22-7-2-4-11-28(22)33/h1-17H. The van der Waals surface area contributed by atoms with Crippen molar-refractivity contribution in [1.29, 1.82) is 5.26 Å². The summed E-state index contributed by atoms with van der Waals surface area (Å²) in [4.78, 5) is 4.71. The molecule has 34 heavy (non-hydrogen) atoms. The van der Waals surface area contributed by atoms with Gasteiger partial charge in [0.15, 0.2) is 0 Å². The van der Waals surface area contributed by atoms with Crippen LogP contribution in [0.5, 0.6) is 0 Å². The van der Waals surface area contributed by atoms with Crippen molar-refractivity contribution >= 4 is 43.7 Å². The summed E-state index contributed by atoms with van der Waals surface area (Å²) in [5, 5.41) is 13.7. The molecule has 4 nitrogen and oxygen atoms in total. The Kier molecular flexibility index (Phi) is 3.88. The van der Waals surface area contributed by atoms with Crippen molar-refractivity contribution in [2.75, 3.05) is 0 Å². The number of furan rings is 1. The van der Waals surface area contributed by atoms with E-state index >= 15 is 0 Å². The highest BCUT2D eigenvalue weighted by molar-refractivity contribution is 6.10. The summed E-state index contributed by atoms with van der Waals surface area (Å²) in [5.74, 6) is 0. The highest BCUT2D eigenvalue weighted by Gasteiger charge is 2.16. The Labute approximate surface area is 194 Å². The SMILES string of the molecule is N#Cc1ccc2c(c1)oc1c(-c3cc(-n4c5ccccc5c5ccccc54)ccn3)cccc12. The number of para-hydroxylation sites is 3. The maximum atomic E-state index is 9.27. The van der Waals surface area contributed by atoms with Crippen LogP contribution in [0.3, 0.4) is 0 Å². The van der Waals surface area contributed by atoms with Gasteiger partial charge in [-0.25, -0.2) is 0 Å². The molecule has 7 rings (SSSR count). The molecule has 3 aromatic heterocycles. The third-order valence-electron chi connectivity index (χ3n) is 6.49. The number of nitrogens with zero attached hydrogens (tertiary/aromatic N) is 3. The Morgan fingerprint density at radius 1 is 0.706 bits per heavy atom. The van der Waals surface area contributed by atoms with Crippen molar-refractivity contribution < 1.29 is 4.42 Å². The first-order valence-corrected chi connectivity index (χ1v) is 11.1. The summed E-state index contributed by atoms with van der Waals surface area (Å²) in [7, 11) is 0. The van der Waals surface area contributed by atoms with Crippen LogP contribution < -0.4 is 0 Å². The summed E-state index contributed by atoms with van der Waals surface area (Å²) < 4.78 is 8.54. The second kappa shape index (κ2) is 7.06. The van der Waals surface area contributed by atoms with Gasteiger partial charge in [-0.3, -0.25) is 4.98 Å². The zero-order valence-electron chi connectivity index (χ0n) is 18.1. The van der Waals surface area contributed by atoms with E-state index in [1.807, 2.05) is 42.6 Å². The summed E-state index contributed by atoms with van der Waals surface area (Å²) in [5.41, 5.74) is 7.19. The first kappa shape index (κ1) is 18.7. The van der Waals surface area contributed by atoms with Crippen molar-refractivity contribution in [2.24, 2.45) is 0 Å². The number of rotatable bonds is 2. The van der Waals surface area contributed by atoms with Crippen LogP contribution in [0.4, 0.5) is 0 Å². The van der Waals surface area contributed by atoms with E-state index in [9.17, 15) is 5.26 Å². The second-order valence-corrected chi connectivity index (χ2v) is 8.38. The van der Waals surface area contributed by atoms with Gasteiger partial charge in [-0.1, -0.05) is 48.5 Å². The fourth-order valence-electron chi connectivity index (χ4n) is 4.98. The summed E-state index contributed by atoms with van der Waals surface area (Å²) >= 11 is 0. The number of hydrogen-bond donors (Lipinski definition) is 0. The number of pyridine rings is 1. The Morgan fingerprint density at radius 3 is 2.21 bits per heavy atom. The van der Waals surface area contributed by atoms with Gasteiger partial charge >= 0.3 is 0 Å². The van der Waals surface area contributed by atoms with Crippen molar-refractivity contribution in [1.82, 2.24) is 9.55 Å². The molecule has 0 saturated heterocycles. The van der Waals surface area contributed by atoms with Gasteiger partial charge in [0.1, 0.15) is 11.2 Å². The Hall–Kier alpha value is -4.88. The van der Waals surface area contributed by atoms with Crippen molar-refractivity contribution in [3.63, 3.8) is 0 Å². The molecule has 0 fully saturated rings. The van der Waals surface area contributed by atoms with E-state index in [-0.39, 0.29) is 0 Å². The lowest BCUT2D eigenvalue weighted by Crippen LogP contribution is -1.95. The molecule has 0 spiro atoms. The highest BCUT2D eigenvalue weighted by Crippen LogP contribution is 2.37. The average molecular weight is 435 g/mol. The smallest absolute Gasteiger partial charge is 0.144 e. The number of aromatic nitrogens is 2. The second-order valence-electron chi connectivity index (χ2n) is 8.38. The number of fused-ring (bicyclic) bond motifs is 6. The topological polar surface area (TPSA) is 54.8 Å². The molecular weight excluding hydrogens is 418 g/mol. The third-order valence-corrected chi connectivity index (χ3v) is 6.49. The minimum Gasteiger partial charge on any atom is -0.455 e. The molecule has 0 N–H and O–H groups in total. The minimum atomic E-state index is 0.583. The van der Waals surface area contributed by atoms with Crippen molar-refractivity contribution in [2.45, 2.75) is 0 Å². The molecule has 0 unspecified atom stereocenters. The zero-order chi connectivity index (χ0) is 22.6. The maximum absolute atomic E-state index is 9.27. The van der Waals surface area contributed by atoms with Gasteiger partial charge in [-0.15, -0.1) is 0 Å². The monoisotopic (exact) mass is 435 g/mol. The van der Waals surface area contributed by atoms with E-state index in [2.05, 4.69) is 65.2 Å². The lowest BCUT2D eigenvalue weighted by molar-refractivity contribution is 0.669. The molecule has 0 radical (unpaired) electrons. The molecule has 7 aromatic rings. The lowest BCUT2D eigenvalue weighted by atomic mass is 10.1. The van der Waals surface area contributed by atoms with Gasteiger partial charge < -0.3 is 8.98 Å². The van der Waals surface area contributed by atoms with Crippen LogP contribution in [0.15, 0.2) is 108 Å². The molecule has 0 aliphatic heterocycles. The normalized spacial score (nSPS) is 11.5. The van der Waals surface area contributed by atoms with E-state index in [1.165, 1.54) is 10.8 Å². The third kappa shape index (κ3) is 2.61. The van der Waals surface area contributed by atoms with Gasteiger partial charge in [0, 0.05) is 39.0 Å². The molecule has 0 saturated carbocycles. The first-order valence-electron chi connectivity index (χ1n) is 11.1. The van der Waals surface area contributed by atoms with Crippen LogP contribution in [0.25, 0.3) is 60.7 Å². The van der Waals surface area contributed by atoms with Crippen LogP contribution in [0, 0.1) is 11.3 Å². The molecule has 0 aliphatic rings. The molecule has 0 amide bonds. The predicted molar refractivity (Wildman–Crippen MR) is 136 cm³/mol. The molecule has 0 atom stereocenters. The fraction of sp³-hybridized carbons (Fsp3) is 0. The van der Waals surface area contributed by atoms with E-state index in [4.69, 9.17) is 9.40 Å². The minimum absolute atomic E-state index is 0.583. The van der Waals surface area contributed by atoms with Crippen LogP contribution in [0.1, 0.15) is 5.56 Å². The van der Waals surface area contributed by atoms with Gasteiger partial charge in [-0.2, -0.15) is 5.26 Å². The van der Waals surface area contributed by atoms with Crippen LogP contribution in [-0.2, 0) is 0 Å². The largest absolute Gasteiger partial charge is 0.455 e. The maximum Gasteiger partial charge on any atom is 0.144 e. The molecule has 4 aromatic carbocycles. The van der Waals surface area contributed by atoms with E-state index in [1.54, 1.807) is 6.07 Å². The Morgan fingerprint density at radius 2 is 1.44 bits per heavy atom. The van der Waals surface area contributed by atoms with Crippen molar-refractivity contribution in [3.8, 4) is 23.0 Å². The highest BCUT2D eigenvalue weighted by atomic mass is 16.3. The Balaban J connectivity index is 1.48. The summed E-state index contributed by atoms with van der Waals surface area (Å²) in [6.45, 7) is 0. The van der Waals surface area contributed by atoms with Gasteiger partial charge in [0.25, 0.3) is 0 Å². The van der Waals surface area contributed by atoms with Gasteiger partial charge in [-0.05, 0) is 48.5 Å². The summed E-state index contributed by atoms with van der Waals surface area (Å²) in [6.07, 6.45) is 1.85. The van der Waals surface area contributed by atoms with E-state index in [0.717, 1.165) is 44.3 Å². The van der Waals surface area contributed by atoms with Gasteiger partial charge in [0.05, 0.1) is 28.4 Å². The Bertz CT molecular complexity index is 1880.